The molecule has 1 aromatic rings. The van der Waals surface area contributed by atoms with Gasteiger partial charge in [0.15, 0.2) is 0 Å². The van der Waals surface area contributed by atoms with E-state index in [1.807, 2.05) is 20.8 Å². The number of aromatic nitrogens is 3. The smallest absolute Gasteiger partial charge is 0.295 e. The summed E-state index contributed by atoms with van der Waals surface area (Å²) in [4.78, 5) is 12.2. The number of nitrogen functional groups attached to an aromatic ring is 1. The van der Waals surface area contributed by atoms with Crippen molar-refractivity contribution in [3.05, 3.63) is 16.0 Å². The summed E-state index contributed by atoms with van der Waals surface area (Å²) >= 11 is 0. The Balaban J connectivity index is 2.23. The maximum atomic E-state index is 12.2. The van der Waals surface area contributed by atoms with Gasteiger partial charge in [-0.15, -0.1) is 10.2 Å². The molecule has 1 heterocycles. The summed E-state index contributed by atoms with van der Waals surface area (Å²) < 4.78 is 1.09. The third kappa shape index (κ3) is 3.05. The summed E-state index contributed by atoms with van der Waals surface area (Å²) in [6.07, 6.45) is 5.88. The summed E-state index contributed by atoms with van der Waals surface area (Å²) in [6, 6.07) is 0.345. The highest BCUT2D eigenvalue weighted by Crippen LogP contribution is 2.20. The first-order valence-electron chi connectivity index (χ1n) is 6.91. The van der Waals surface area contributed by atoms with Crippen molar-refractivity contribution in [2.75, 3.05) is 11.2 Å². The van der Waals surface area contributed by atoms with Crippen LogP contribution in [0, 0.1) is 0 Å². The molecule has 0 bridgehead atoms. The van der Waals surface area contributed by atoms with Crippen molar-refractivity contribution in [2.45, 2.75) is 64.3 Å². The van der Waals surface area contributed by atoms with Gasteiger partial charge in [0.05, 0.1) is 0 Å². The van der Waals surface area contributed by atoms with Gasteiger partial charge in [-0.2, -0.15) is 4.68 Å². The third-order valence-corrected chi connectivity index (χ3v) is 3.54. The molecule has 1 saturated carbocycles. The molecule has 106 valence electrons. The second-order valence-electron chi connectivity index (χ2n) is 6.28. The van der Waals surface area contributed by atoms with Gasteiger partial charge in [0.25, 0.3) is 5.56 Å². The Hall–Kier alpha value is -1.59. The van der Waals surface area contributed by atoms with Crippen LogP contribution in [-0.2, 0) is 5.41 Å². The van der Waals surface area contributed by atoms with Crippen molar-refractivity contribution in [2.24, 2.45) is 0 Å². The zero-order valence-corrected chi connectivity index (χ0v) is 11.9. The van der Waals surface area contributed by atoms with E-state index < -0.39 is 0 Å². The maximum Gasteiger partial charge on any atom is 0.295 e. The second-order valence-corrected chi connectivity index (χ2v) is 6.28. The molecule has 0 atom stereocenters. The molecule has 0 spiro atoms. The predicted octanol–water partition coefficient (Wildman–Crippen LogP) is 1.39. The summed E-state index contributed by atoms with van der Waals surface area (Å²) in [6.45, 7) is 5.77. The van der Waals surface area contributed by atoms with E-state index in [9.17, 15) is 4.79 Å². The van der Waals surface area contributed by atoms with E-state index in [4.69, 9.17) is 5.84 Å². The Kier molecular flexibility index (Phi) is 3.78. The zero-order valence-electron chi connectivity index (χ0n) is 11.9. The van der Waals surface area contributed by atoms with E-state index in [0.29, 0.717) is 17.7 Å². The van der Waals surface area contributed by atoms with E-state index in [2.05, 4.69) is 15.5 Å². The standard InChI is InChI=1S/C13H23N5O/c1-13(2,3)10-11(19)18(14)12(17-16-10)15-9-7-5-4-6-8-9/h9H,4-8,14H2,1-3H3,(H,15,17). The number of nitrogens with two attached hydrogens (primary N) is 1. The van der Waals surface area contributed by atoms with E-state index in [0.717, 1.165) is 17.5 Å². The SMILES string of the molecule is CC(C)(C)c1nnc(NC2CCCCC2)n(N)c1=O. The molecule has 6 nitrogen and oxygen atoms in total. The fourth-order valence-corrected chi connectivity index (χ4v) is 2.40. The quantitative estimate of drug-likeness (QED) is 0.789. The molecule has 0 aromatic carbocycles. The number of hydrogen-bond donors (Lipinski definition) is 2. The largest absolute Gasteiger partial charge is 0.350 e. The normalized spacial score (nSPS) is 17.4. The molecule has 3 N–H and O–H groups in total. The number of nitrogens with one attached hydrogen (secondary N) is 1. The van der Waals surface area contributed by atoms with Gasteiger partial charge in [-0.05, 0) is 12.8 Å². The lowest BCUT2D eigenvalue weighted by Gasteiger charge is -2.24. The van der Waals surface area contributed by atoms with Crippen molar-refractivity contribution in [1.82, 2.24) is 14.9 Å². The minimum atomic E-state index is -0.353. The fraction of sp³-hybridized carbons (Fsp3) is 0.769. The van der Waals surface area contributed by atoms with Gasteiger partial charge in [-0.3, -0.25) is 4.79 Å². The van der Waals surface area contributed by atoms with Crippen LogP contribution in [0.15, 0.2) is 4.79 Å². The highest BCUT2D eigenvalue weighted by atomic mass is 16.1. The van der Waals surface area contributed by atoms with Gasteiger partial charge in [0.2, 0.25) is 5.95 Å². The fourth-order valence-electron chi connectivity index (χ4n) is 2.40. The van der Waals surface area contributed by atoms with Crippen LogP contribution in [-0.4, -0.2) is 20.9 Å². The molecule has 19 heavy (non-hydrogen) atoms. The first-order valence-corrected chi connectivity index (χ1v) is 6.91. The van der Waals surface area contributed by atoms with Crippen LogP contribution in [0.2, 0.25) is 0 Å². The monoisotopic (exact) mass is 265 g/mol. The van der Waals surface area contributed by atoms with Crippen molar-refractivity contribution in [3.63, 3.8) is 0 Å². The lowest BCUT2D eigenvalue weighted by molar-refractivity contribution is 0.457. The van der Waals surface area contributed by atoms with Crippen LogP contribution >= 0.6 is 0 Å². The summed E-state index contributed by atoms with van der Waals surface area (Å²) in [5.41, 5.74) is -0.237. The van der Waals surface area contributed by atoms with E-state index in [1.165, 1.54) is 19.3 Å². The van der Waals surface area contributed by atoms with Gasteiger partial charge in [0, 0.05) is 11.5 Å². The van der Waals surface area contributed by atoms with Gasteiger partial charge in [-0.1, -0.05) is 40.0 Å². The van der Waals surface area contributed by atoms with Crippen molar-refractivity contribution >= 4 is 5.95 Å². The summed E-state index contributed by atoms with van der Waals surface area (Å²) in [7, 11) is 0. The van der Waals surface area contributed by atoms with E-state index in [-0.39, 0.29) is 11.0 Å². The number of nitrogens with zero attached hydrogens (tertiary/aromatic N) is 3. The lowest BCUT2D eigenvalue weighted by Crippen LogP contribution is -2.40. The minimum Gasteiger partial charge on any atom is -0.350 e. The second kappa shape index (κ2) is 5.19. The minimum absolute atomic E-state index is 0.277. The van der Waals surface area contributed by atoms with E-state index in [1.54, 1.807) is 0 Å². The Morgan fingerprint density at radius 2 is 1.84 bits per heavy atom. The molecular formula is C13H23N5O. The molecule has 1 aromatic heterocycles. The maximum absolute atomic E-state index is 12.2. The topological polar surface area (TPSA) is 85.8 Å². The predicted molar refractivity (Wildman–Crippen MR) is 75.6 cm³/mol. The van der Waals surface area contributed by atoms with E-state index >= 15 is 0 Å². The highest BCUT2D eigenvalue weighted by molar-refractivity contribution is 5.27. The molecule has 0 unspecified atom stereocenters. The molecule has 1 aliphatic carbocycles. The Morgan fingerprint density at radius 3 is 2.42 bits per heavy atom. The molecule has 0 radical (unpaired) electrons. The van der Waals surface area contributed by atoms with Gasteiger partial charge < -0.3 is 11.2 Å². The van der Waals surface area contributed by atoms with Crippen LogP contribution < -0.4 is 16.7 Å². The van der Waals surface area contributed by atoms with Crippen LogP contribution in [0.25, 0.3) is 0 Å². The molecular weight excluding hydrogens is 242 g/mol. The van der Waals surface area contributed by atoms with Crippen LogP contribution in [0.3, 0.4) is 0 Å². The average Bonchev–Trinajstić information content (AvgIpc) is 2.35. The van der Waals surface area contributed by atoms with Gasteiger partial charge in [0.1, 0.15) is 5.69 Å². The first kappa shape index (κ1) is 13.8. The van der Waals surface area contributed by atoms with Crippen LogP contribution in [0.5, 0.6) is 0 Å². The summed E-state index contributed by atoms with van der Waals surface area (Å²) in [5, 5.41) is 11.4. The molecule has 1 fully saturated rings. The molecule has 0 aliphatic heterocycles. The van der Waals surface area contributed by atoms with Crippen LogP contribution in [0.1, 0.15) is 58.6 Å². The Bertz CT molecular complexity index is 497. The number of rotatable bonds is 2. The molecule has 0 amide bonds. The van der Waals surface area contributed by atoms with Crippen LogP contribution in [0.4, 0.5) is 5.95 Å². The lowest BCUT2D eigenvalue weighted by atomic mass is 9.93. The summed E-state index contributed by atoms with van der Waals surface area (Å²) in [5.74, 6) is 6.20. The number of hydrogen-bond acceptors (Lipinski definition) is 5. The van der Waals surface area contributed by atoms with Gasteiger partial charge >= 0.3 is 0 Å². The Labute approximate surface area is 113 Å². The van der Waals surface area contributed by atoms with Gasteiger partial charge in [-0.25, -0.2) is 0 Å². The van der Waals surface area contributed by atoms with Crippen molar-refractivity contribution < 1.29 is 0 Å². The zero-order chi connectivity index (χ0) is 14.0. The highest BCUT2D eigenvalue weighted by Gasteiger charge is 2.23. The molecule has 1 aliphatic rings. The molecule has 6 heteroatoms. The third-order valence-electron chi connectivity index (χ3n) is 3.54. The Morgan fingerprint density at radius 1 is 1.21 bits per heavy atom. The van der Waals surface area contributed by atoms with Crippen molar-refractivity contribution in [1.29, 1.82) is 0 Å². The number of anilines is 1. The molecule has 2 rings (SSSR count). The molecule has 0 saturated heterocycles. The first-order chi connectivity index (χ1) is 8.89. The average molecular weight is 265 g/mol. The van der Waals surface area contributed by atoms with Crippen molar-refractivity contribution in [3.8, 4) is 0 Å².